The first-order chi connectivity index (χ1) is 17.0. The number of H-pyrrole nitrogens is 1. The van der Waals surface area contributed by atoms with Crippen molar-refractivity contribution in [3.63, 3.8) is 0 Å². The van der Waals surface area contributed by atoms with E-state index in [-0.39, 0.29) is 44.7 Å². The van der Waals surface area contributed by atoms with Crippen LogP contribution in [0.3, 0.4) is 0 Å². The summed E-state index contributed by atoms with van der Waals surface area (Å²) in [6.45, 7) is 0. The predicted octanol–water partition coefficient (Wildman–Crippen LogP) is 6.03. The molecule has 7 nitrogen and oxygen atoms in total. The lowest BCUT2D eigenvalue weighted by atomic mass is 9.99. The van der Waals surface area contributed by atoms with Gasteiger partial charge < -0.3 is 14.8 Å². The summed E-state index contributed by atoms with van der Waals surface area (Å²) < 4.78 is 79.2. The first-order valence-electron chi connectivity index (χ1n) is 10.5. The lowest BCUT2D eigenvalue weighted by Crippen LogP contribution is -2.04. The highest BCUT2D eigenvalue weighted by atomic mass is 32.2. The Morgan fingerprint density at radius 3 is 2.36 bits per heavy atom. The Morgan fingerprint density at radius 1 is 0.972 bits per heavy atom. The van der Waals surface area contributed by atoms with Crippen LogP contribution in [0.1, 0.15) is 5.56 Å². The highest BCUT2D eigenvalue weighted by Gasteiger charge is 2.31. The van der Waals surface area contributed by atoms with Crippen LogP contribution in [0.15, 0.2) is 71.6 Å². The third-order valence-electron chi connectivity index (χ3n) is 5.81. The number of nitrogens with one attached hydrogen (secondary N) is 1. The van der Waals surface area contributed by atoms with Crippen LogP contribution >= 0.6 is 0 Å². The number of nitrogens with zero attached hydrogens (tertiary/aromatic N) is 1. The molecule has 0 aliphatic heterocycles. The van der Waals surface area contributed by atoms with Gasteiger partial charge >= 0.3 is 6.18 Å². The van der Waals surface area contributed by atoms with Gasteiger partial charge in [0.1, 0.15) is 27.7 Å². The molecule has 184 valence electrons. The van der Waals surface area contributed by atoms with Gasteiger partial charge in [0.05, 0.1) is 29.1 Å². The van der Waals surface area contributed by atoms with E-state index in [4.69, 9.17) is 4.74 Å². The summed E-state index contributed by atoms with van der Waals surface area (Å²) in [6, 6.07) is 15.1. The van der Waals surface area contributed by atoms with Crippen LogP contribution in [0.4, 0.5) is 13.2 Å². The number of ether oxygens (including phenoxy) is 1. The second-order valence-electron chi connectivity index (χ2n) is 8.00. The molecule has 4 aromatic carbocycles. The number of alkyl halides is 3. The summed E-state index contributed by atoms with van der Waals surface area (Å²) in [4.78, 5) is 7.10. The molecule has 0 atom stereocenters. The lowest BCUT2D eigenvalue weighted by molar-refractivity contribution is -0.137. The third kappa shape index (κ3) is 3.91. The van der Waals surface area contributed by atoms with E-state index in [1.54, 1.807) is 18.2 Å². The second kappa shape index (κ2) is 8.25. The number of phenolic OH excluding ortho intramolecular Hbond substituents is 1. The van der Waals surface area contributed by atoms with Crippen LogP contribution < -0.4 is 4.74 Å². The van der Waals surface area contributed by atoms with Gasteiger partial charge in [0.15, 0.2) is 0 Å². The summed E-state index contributed by atoms with van der Waals surface area (Å²) >= 11 is 0. The topological polar surface area (TPSA) is 113 Å². The molecule has 0 bridgehead atoms. The van der Waals surface area contributed by atoms with Gasteiger partial charge in [-0.05, 0) is 35.9 Å². The van der Waals surface area contributed by atoms with Gasteiger partial charge in [0.2, 0.25) is 0 Å². The van der Waals surface area contributed by atoms with Crippen LogP contribution in [0.25, 0.3) is 44.3 Å². The number of aromatic amines is 1. The maximum absolute atomic E-state index is 13.3. The molecule has 0 spiro atoms. The van der Waals surface area contributed by atoms with E-state index in [1.165, 1.54) is 43.5 Å². The van der Waals surface area contributed by atoms with Gasteiger partial charge in [-0.2, -0.15) is 21.6 Å². The van der Waals surface area contributed by atoms with Crippen molar-refractivity contribution in [2.24, 2.45) is 0 Å². The Bertz CT molecular complexity index is 1760. The van der Waals surface area contributed by atoms with Crippen LogP contribution in [0.5, 0.6) is 11.5 Å². The number of imidazole rings is 1. The number of aromatic nitrogens is 2. The zero-order valence-corrected chi connectivity index (χ0v) is 19.3. The Kier molecular flexibility index (Phi) is 5.42. The molecule has 1 heterocycles. The number of para-hydroxylation sites is 1. The number of benzene rings is 4. The molecular weight excluding hydrogens is 497 g/mol. The van der Waals surface area contributed by atoms with Crippen LogP contribution in [-0.2, 0) is 16.3 Å². The molecule has 0 aliphatic rings. The van der Waals surface area contributed by atoms with Crippen molar-refractivity contribution in [3.8, 4) is 34.0 Å². The van der Waals surface area contributed by atoms with E-state index in [9.17, 15) is 31.2 Å². The van der Waals surface area contributed by atoms with Crippen molar-refractivity contribution < 1.29 is 36.0 Å². The summed E-state index contributed by atoms with van der Waals surface area (Å²) in [7, 11) is -3.27. The highest BCUT2D eigenvalue weighted by molar-refractivity contribution is 7.86. The number of hydrogen-bond acceptors (Lipinski definition) is 5. The first-order valence-corrected chi connectivity index (χ1v) is 11.9. The Morgan fingerprint density at radius 2 is 1.67 bits per heavy atom. The van der Waals surface area contributed by atoms with Crippen LogP contribution in [-0.4, -0.2) is 35.2 Å². The largest absolute Gasteiger partial charge is 0.507 e. The molecule has 0 fully saturated rings. The van der Waals surface area contributed by atoms with Crippen molar-refractivity contribution in [2.45, 2.75) is 11.1 Å². The van der Waals surface area contributed by atoms with Crippen molar-refractivity contribution in [1.29, 1.82) is 0 Å². The standard InChI is InChI=1S/C25H17F3N2O5S/c1-35-23-15(13-5-2-6-14(11-13)25(26,27)28)7-3-9-17(23)24-29-18-12-20(36(32,33)34)16-8-4-10-19(31)21(16)22(18)30-24/h2-12,31H,1H3,(H,29,30)(H,32,33,34). The minimum atomic E-state index is -4.64. The molecule has 36 heavy (non-hydrogen) atoms. The van der Waals surface area contributed by atoms with Gasteiger partial charge in [-0.15, -0.1) is 0 Å². The molecule has 11 heteroatoms. The third-order valence-corrected chi connectivity index (χ3v) is 6.70. The Labute approximate surface area is 202 Å². The minimum Gasteiger partial charge on any atom is -0.507 e. The van der Waals surface area contributed by atoms with E-state index in [0.717, 1.165) is 12.1 Å². The molecule has 0 radical (unpaired) electrons. The van der Waals surface area contributed by atoms with Gasteiger partial charge in [-0.3, -0.25) is 4.55 Å². The summed E-state index contributed by atoms with van der Waals surface area (Å²) in [5.41, 5.74) is 0.677. The molecule has 5 rings (SSSR count). The van der Waals surface area contributed by atoms with E-state index in [2.05, 4.69) is 9.97 Å². The van der Waals surface area contributed by atoms with Gasteiger partial charge in [0.25, 0.3) is 10.1 Å². The zero-order chi connectivity index (χ0) is 25.8. The number of hydrogen-bond donors (Lipinski definition) is 3. The number of halogens is 3. The SMILES string of the molecule is COc1c(-c2cccc(C(F)(F)F)c2)cccc1-c1nc2c(cc(S(=O)(=O)O)c3cccc(O)c32)[nH]1. The van der Waals surface area contributed by atoms with Crippen LogP contribution in [0, 0.1) is 0 Å². The van der Waals surface area contributed by atoms with E-state index >= 15 is 0 Å². The molecule has 0 amide bonds. The van der Waals surface area contributed by atoms with Crippen LogP contribution in [0.2, 0.25) is 0 Å². The van der Waals surface area contributed by atoms with Crippen molar-refractivity contribution in [2.75, 3.05) is 7.11 Å². The minimum absolute atomic E-state index is 0.0766. The molecule has 1 aromatic heterocycles. The van der Waals surface area contributed by atoms with Gasteiger partial charge in [0, 0.05) is 10.9 Å². The number of methoxy groups -OCH3 is 1. The molecule has 3 N–H and O–H groups in total. The second-order valence-corrected chi connectivity index (χ2v) is 9.39. The monoisotopic (exact) mass is 514 g/mol. The average molecular weight is 514 g/mol. The molecule has 5 aromatic rings. The Balaban J connectivity index is 1.76. The zero-order valence-electron chi connectivity index (χ0n) is 18.5. The molecule has 0 unspecified atom stereocenters. The quantitative estimate of drug-likeness (QED) is 0.253. The van der Waals surface area contributed by atoms with Crippen molar-refractivity contribution in [3.05, 3.63) is 72.3 Å². The normalized spacial score (nSPS) is 12.4. The molecule has 0 saturated heterocycles. The number of rotatable bonds is 4. The van der Waals surface area contributed by atoms with E-state index in [1.807, 2.05) is 0 Å². The van der Waals surface area contributed by atoms with Gasteiger partial charge in [-0.25, -0.2) is 4.98 Å². The fourth-order valence-corrected chi connectivity index (χ4v) is 4.97. The predicted molar refractivity (Wildman–Crippen MR) is 128 cm³/mol. The van der Waals surface area contributed by atoms with E-state index < -0.39 is 26.8 Å². The first kappa shape index (κ1) is 23.6. The van der Waals surface area contributed by atoms with Crippen molar-refractivity contribution >= 4 is 31.9 Å². The number of phenols is 1. The fraction of sp³-hybridized carbons (Fsp3) is 0.0800. The average Bonchev–Trinajstić information content (AvgIpc) is 3.26. The number of fused-ring (bicyclic) bond motifs is 3. The summed E-state index contributed by atoms with van der Waals surface area (Å²) in [6.07, 6.45) is -4.52. The van der Waals surface area contributed by atoms with Gasteiger partial charge in [-0.1, -0.05) is 36.4 Å². The van der Waals surface area contributed by atoms with Crippen molar-refractivity contribution in [1.82, 2.24) is 9.97 Å². The highest BCUT2D eigenvalue weighted by Crippen LogP contribution is 2.42. The lowest BCUT2D eigenvalue weighted by Gasteiger charge is -2.14. The summed E-state index contributed by atoms with van der Waals surface area (Å²) in [5, 5.41) is 10.7. The van der Waals surface area contributed by atoms with E-state index in [0.29, 0.717) is 11.1 Å². The molecule has 0 saturated carbocycles. The number of aromatic hydroxyl groups is 1. The maximum atomic E-state index is 13.3. The summed E-state index contributed by atoms with van der Waals surface area (Å²) in [5.74, 6) is 0.206. The fourth-order valence-electron chi connectivity index (χ4n) is 4.26. The maximum Gasteiger partial charge on any atom is 0.416 e. The Hall–Kier alpha value is -4.09. The smallest absolute Gasteiger partial charge is 0.416 e. The molecular formula is C25H17F3N2O5S. The molecule has 0 aliphatic carbocycles.